The Morgan fingerprint density at radius 1 is 1.30 bits per heavy atom. The van der Waals surface area contributed by atoms with Crippen molar-refractivity contribution < 1.29 is 0 Å². The fourth-order valence-corrected chi connectivity index (χ4v) is 3.79. The van der Waals surface area contributed by atoms with E-state index in [0.717, 1.165) is 33.2 Å². The van der Waals surface area contributed by atoms with Crippen molar-refractivity contribution in [3.63, 3.8) is 0 Å². The van der Waals surface area contributed by atoms with Crippen LogP contribution < -0.4 is 10.6 Å². The van der Waals surface area contributed by atoms with Crippen molar-refractivity contribution in [2.45, 2.75) is 6.54 Å². The summed E-state index contributed by atoms with van der Waals surface area (Å²) in [5, 5.41) is 4.24. The lowest BCUT2D eigenvalue weighted by Gasteiger charge is -2.21. The molecule has 0 amide bonds. The molecule has 0 unspecified atom stereocenters. The van der Waals surface area contributed by atoms with E-state index in [-0.39, 0.29) is 0 Å². The fraction of sp³-hybridized carbons (Fsp3) is 0.133. The summed E-state index contributed by atoms with van der Waals surface area (Å²) in [5.41, 5.74) is 7.97. The van der Waals surface area contributed by atoms with Crippen LogP contribution in [0, 0.1) is 0 Å². The van der Waals surface area contributed by atoms with Crippen molar-refractivity contribution in [3.05, 3.63) is 51.4 Å². The van der Waals surface area contributed by atoms with Gasteiger partial charge in [0.1, 0.15) is 0 Å². The molecule has 0 aliphatic carbocycles. The highest BCUT2D eigenvalue weighted by Gasteiger charge is 2.09. The maximum absolute atomic E-state index is 6.03. The molecule has 102 valence electrons. The smallest absolute Gasteiger partial charge is 0.0520 e. The number of nitrogens with two attached hydrogens (primary N) is 1. The summed E-state index contributed by atoms with van der Waals surface area (Å²) in [7, 11) is 2.09. The number of aromatic nitrogens is 1. The number of hydrogen-bond acceptors (Lipinski definition) is 4. The van der Waals surface area contributed by atoms with Crippen LogP contribution in [0.2, 0.25) is 0 Å². The molecule has 0 saturated heterocycles. The molecule has 1 aromatic carbocycles. The fourth-order valence-electron chi connectivity index (χ4n) is 2.29. The Morgan fingerprint density at radius 3 is 2.90 bits per heavy atom. The van der Waals surface area contributed by atoms with Crippen LogP contribution in [0.1, 0.15) is 4.88 Å². The molecule has 0 atom stereocenters. The van der Waals surface area contributed by atoms with Crippen molar-refractivity contribution in [1.82, 2.24) is 4.98 Å². The largest absolute Gasteiger partial charge is 0.398 e. The maximum Gasteiger partial charge on any atom is 0.0520 e. The third-order valence-corrected chi connectivity index (χ3v) is 4.94. The predicted octanol–water partition coefficient (Wildman–Crippen LogP) is 4.28. The van der Waals surface area contributed by atoms with Gasteiger partial charge in [-0.25, -0.2) is 0 Å². The lowest BCUT2D eigenvalue weighted by Crippen LogP contribution is -2.16. The molecule has 5 heteroatoms. The Balaban J connectivity index is 1.99. The molecule has 2 heterocycles. The minimum Gasteiger partial charge on any atom is -0.398 e. The first kappa shape index (κ1) is 13.4. The topological polar surface area (TPSA) is 42.1 Å². The van der Waals surface area contributed by atoms with Crippen LogP contribution >= 0.6 is 27.3 Å². The number of rotatable bonds is 3. The van der Waals surface area contributed by atoms with Crippen LogP contribution in [-0.4, -0.2) is 12.0 Å². The van der Waals surface area contributed by atoms with E-state index in [1.165, 1.54) is 4.88 Å². The van der Waals surface area contributed by atoms with E-state index in [2.05, 4.69) is 50.4 Å². The summed E-state index contributed by atoms with van der Waals surface area (Å²) in [6.45, 7) is 0.865. The van der Waals surface area contributed by atoms with Gasteiger partial charge >= 0.3 is 0 Å². The molecule has 0 bridgehead atoms. The molecule has 0 aliphatic heterocycles. The molecule has 0 radical (unpaired) electrons. The zero-order chi connectivity index (χ0) is 14.1. The number of anilines is 2. The molecule has 20 heavy (non-hydrogen) atoms. The number of halogens is 1. The van der Waals surface area contributed by atoms with Gasteiger partial charge in [-0.15, -0.1) is 11.3 Å². The standard InChI is InChI=1S/C15H14BrN3S/c1-19(8-11-6-10(16)9-20-11)15-3-2-14(17)12-4-5-18-7-13(12)15/h2-7,9H,8,17H2,1H3. The van der Waals surface area contributed by atoms with Gasteiger partial charge in [0, 0.05) is 56.3 Å². The van der Waals surface area contributed by atoms with Crippen LogP contribution in [0.5, 0.6) is 0 Å². The third-order valence-electron chi connectivity index (χ3n) is 3.25. The maximum atomic E-state index is 6.03. The molecule has 3 aromatic rings. The SMILES string of the molecule is CN(Cc1cc(Br)cs1)c1ccc(N)c2ccncc12. The molecule has 2 aromatic heterocycles. The molecule has 0 spiro atoms. The van der Waals surface area contributed by atoms with Crippen LogP contribution in [0.3, 0.4) is 0 Å². The monoisotopic (exact) mass is 347 g/mol. The number of thiophene rings is 1. The molecular weight excluding hydrogens is 334 g/mol. The summed E-state index contributed by atoms with van der Waals surface area (Å²) in [6.07, 6.45) is 3.65. The molecule has 2 N–H and O–H groups in total. The third kappa shape index (κ3) is 2.51. The number of benzene rings is 1. The van der Waals surface area contributed by atoms with Crippen molar-refractivity contribution >= 4 is 49.4 Å². The van der Waals surface area contributed by atoms with E-state index < -0.39 is 0 Å². The van der Waals surface area contributed by atoms with Crippen molar-refractivity contribution in [2.75, 3.05) is 17.7 Å². The highest BCUT2D eigenvalue weighted by atomic mass is 79.9. The van der Waals surface area contributed by atoms with Gasteiger partial charge < -0.3 is 10.6 Å². The van der Waals surface area contributed by atoms with E-state index in [9.17, 15) is 0 Å². The van der Waals surface area contributed by atoms with Crippen molar-refractivity contribution in [2.24, 2.45) is 0 Å². The highest BCUT2D eigenvalue weighted by Crippen LogP contribution is 2.31. The molecular formula is C15H14BrN3S. The van der Waals surface area contributed by atoms with Crippen LogP contribution in [0.15, 0.2) is 46.5 Å². The number of nitrogens with zero attached hydrogens (tertiary/aromatic N) is 2. The Labute approximate surface area is 130 Å². The van der Waals surface area contributed by atoms with Crippen LogP contribution in [0.25, 0.3) is 10.8 Å². The highest BCUT2D eigenvalue weighted by molar-refractivity contribution is 9.10. The zero-order valence-corrected chi connectivity index (χ0v) is 13.4. The van der Waals surface area contributed by atoms with Gasteiger partial charge in [0.15, 0.2) is 0 Å². The van der Waals surface area contributed by atoms with Gasteiger partial charge in [-0.05, 0) is 40.2 Å². The Hall–Kier alpha value is -1.59. The van der Waals surface area contributed by atoms with Crippen molar-refractivity contribution in [1.29, 1.82) is 0 Å². The van der Waals surface area contributed by atoms with Gasteiger partial charge in [-0.2, -0.15) is 0 Å². The first-order valence-corrected chi connectivity index (χ1v) is 7.88. The zero-order valence-electron chi connectivity index (χ0n) is 11.0. The number of nitrogen functional groups attached to an aromatic ring is 1. The lowest BCUT2D eigenvalue weighted by molar-refractivity contribution is 0.945. The van der Waals surface area contributed by atoms with Gasteiger partial charge in [-0.3, -0.25) is 4.98 Å². The molecule has 0 saturated carbocycles. The second-order valence-corrected chi connectivity index (χ2v) is 6.59. The molecule has 0 aliphatic rings. The predicted molar refractivity (Wildman–Crippen MR) is 90.3 cm³/mol. The average Bonchev–Trinajstić information content (AvgIpc) is 2.84. The summed E-state index contributed by atoms with van der Waals surface area (Å²) < 4.78 is 1.13. The minimum atomic E-state index is 0.790. The number of pyridine rings is 1. The second-order valence-electron chi connectivity index (χ2n) is 4.68. The lowest BCUT2D eigenvalue weighted by atomic mass is 10.1. The van der Waals surface area contributed by atoms with E-state index in [1.54, 1.807) is 17.5 Å². The minimum absolute atomic E-state index is 0.790. The normalized spacial score (nSPS) is 10.9. The summed E-state index contributed by atoms with van der Waals surface area (Å²) in [4.78, 5) is 7.76. The Bertz CT molecular complexity index is 754. The number of fused-ring (bicyclic) bond motifs is 1. The molecule has 3 nitrogen and oxygen atoms in total. The van der Waals surface area contributed by atoms with E-state index >= 15 is 0 Å². The number of hydrogen-bond donors (Lipinski definition) is 1. The van der Waals surface area contributed by atoms with Crippen LogP contribution in [-0.2, 0) is 6.54 Å². The van der Waals surface area contributed by atoms with Crippen LogP contribution in [0.4, 0.5) is 11.4 Å². The summed E-state index contributed by atoms with van der Waals surface area (Å²) in [5.74, 6) is 0. The van der Waals surface area contributed by atoms with E-state index in [1.807, 2.05) is 18.3 Å². The molecule has 3 rings (SSSR count). The quantitative estimate of drug-likeness (QED) is 0.719. The van der Waals surface area contributed by atoms with Crippen molar-refractivity contribution in [3.8, 4) is 0 Å². The van der Waals surface area contributed by atoms with E-state index in [4.69, 9.17) is 5.73 Å². The van der Waals surface area contributed by atoms with Gasteiger partial charge in [-0.1, -0.05) is 0 Å². The van der Waals surface area contributed by atoms with Gasteiger partial charge in [0.2, 0.25) is 0 Å². The van der Waals surface area contributed by atoms with Gasteiger partial charge in [0.05, 0.1) is 6.54 Å². The summed E-state index contributed by atoms with van der Waals surface area (Å²) >= 11 is 5.25. The first-order valence-electron chi connectivity index (χ1n) is 6.21. The Kier molecular flexibility index (Phi) is 3.63. The molecule has 0 fully saturated rings. The van der Waals surface area contributed by atoms with Gasteiger partial charge in [0.25, 0.3) is 0 Å². The summed E-state index contributed by atoms with van der Waals surface area (Å²) in [6, 6.07) is 8.13. The second kappa shape index (κ2) is 5.42. The Morgan fingerprint density at radius 2 is 2.15 bits per heavy atom. The average molecular weight is 348 g/mol. The first-order chi connectivity index (χ1) is 9.65. The van der Waals surface area contributed by atoms with E-state index in [0.29, 0.717) is 0 Å².